The van der Waals surface area contributed by atoms with Crippen molar-refractivity contribution >= 4 is 51.1 Å². The third-order valence-electron chi connectivity index (χ3n) is 5.31. The Balaban J connectivity index is 1.37. The smallest absolute Gasteiger partial charge is 0.247 e. The molecule has 2 aliphatic rings. The highest BCUT2D eigenvalue weighted by molar-refractivity contribution is 9.10. The number of thioether (sulfide) groups is 1. The Hall–Kier alpha value is -2.32. The summed E-state index contributed by atoms with van der Waals surface area (Å²) in [5.41, 5.74) is 1.75. The summed E-state index contributed by atoms with van der Waals surface area (Å²) in [6, 6.07) is 15.3. The van der Waals surface area contributed by atoms with E-state index >= 15 is 0 Å². The first kappa shape index (κ1) is 20.9. The number of nitrogens with one attached hydrogen (secondary N) is 2. The van der Waals surface area contributed by atoms with Crippen LogP contribution < -0.4 is 10.6 Å². The van der Waals surface area contributed by atoms with Gasteiger partial charge in [-0.25, -0.2) is 0 Å². The molecule has 0 unspecified atom stereocenters. The normalized spacial score (nSPS) is 20.8. The number of hydrogen-bond donors (Lipinski definition) is 2. The van der Waals surface area contributed by atoms with Crippen molar-refractivity contribution in [1.82, 2.24) is 10.2 Å². The van der Waals surface area contributed by atoms with Gasteiger partial charge in [0.05, 0.1) is 11.6 Å². The van der Waals surface area contributed by atoms with Gasteiger partial charge in [-0.15, -0.1) is 11.8 Å². The molecule has 0 bridgehead atoms. The van der Waals surface area contributed by atoms with Gasteiger partial charge in [0.1, 0.15) is 0 Å². The first-order valence-corrected chi connectivity index (χ1v) is 11.6. The minimum Gasteiger partial charge on any atom is -0.352 e. The van der Waals surface area contributed by atoms with Gasteiger partial charge in [-0.3, -0.25) is 14.4 Å². The van der Waals surface area contributed by atoms with E-state index in [2.05, 4.69) is 26.6 Å². The Bertz CT molecular complexity index is 984. The van der Waals surface area contributed by atoms with E-state index in [0.29, 0.717) is 19.6 Å². The molecule has 2 aliphatic heterocycles. The second-order valence-corrected chi connectivity index (χ2v) is 9.52. The topological polar surface area (TPSA) is 78.5 Å². The number of amides is 3. The number of halogens is 1. The number of rotatable bonds is 4. The van der Waals surface area contributed by atoms with Crippen LogP contribution in [0.3, 0.4) is 0 Å². The molecule has 2 heterocycles. The molecule has 0 radical (unpaired) electrons. The molecule has 2 aromatic rings. The number of piperidine rings is 1. The zero-order valence-electron chi connectivity index (χ0n) is 16.3. The molecule has 1 fully saturated rings. The van der Waals surface area contributed by atoms with Gasteiger partial charge < -0.3 is 15.5 Å². The molecular formula is C22H22BrN3O3S. The summed E-state index contributed by atoms with van der Waals surface area (Å²) in [5, 5.41) is 4.97. The molecule has 30 heavy (non-hydrogen) atoms. The highest BCUT2D eigenvalue weighted by atomic mass is 79.9. The molecule has 4 rings (SSSR count). The molecule has 0 saturated carbocycles. The largest absolute Gasteiger partial charge is 0.352 e. The van der Waals surface area contributed by atoms with E-state index in [-0.39, 0.29) is 23.6 Å². The SMILES string of the molecule is O=C(NCc1cccc(Br)c1)[C@H]1CCCN(C(=O)[C@@H]2Sc3ccccc3NC2=O)C1. The van der Waals surface area contributed by atoms with Crippen molar-refractivity contribution < 1.29 is 14.4 Å². The number of carbonyl (C=O) groups is 3. The monoisotopic (exact) mass is 487 g/mol. The highest BCUT2D eigenvalue weighted by Crippen LogP contribution is 2.36. The highest BCUT2D eigenvalue weighted by Gasteiger charge is 2.38. The Morgan fingerprint density at radius 2 is 2.03 bits per heavy atom. The summed E-state index contributed by atoms with van der Waals surface area (Å²) in [6.45, 7) is 1.36. The molecule has 2 atom stereocenters. The van der Waals surface area contributed by atoms with Gasteiger partial charge >= 0.3 is 0 Å². The van der Waals surface area contributed by atoms with Gasteiger partial charge in [0, 0.05) is 29.0 Å². The van der Waals surface area contributed by atoms with Gasteiger partial charge in [-0.05, 0) is 42.7 Å². The molecule has 2 aromatic carbocycles. The van der Waals surface area contributed by atoms with Crippen molar-refractivity contribution in [1.29, 1.82) is 0 Å². The number of fused-ring (bicyclic) bond motifs is 1. The molecule has 156 valence electrons. The van der Waals surface area contributed by atoms with Gasteiger partial charge in [0.2, 0.25) is 17.7 Å². The lowest BCUT2D eigenvalue weighted by Gasteiger charge is -2.35. The van der Waals surface area contributed by atoms with Crippen molar-refractivity contribution in [3.8, 4) is 0 Å². The van der Waals surface area contributed by atoms with E-state index in [1.54, 1.807) is 4.90 Å². The standard InChI is InChI=1S/C22H22BrN3O3S/c23-16-7-3-5-14(11-16)12-24-20(27)15-6-4-10-26(13-15)22(29)19-21(28)25-17-8-1-2-9-18(17)30-19/h1-3,5,7-9,11,15,19H,4,6,10,12-13H2,(H,24,27)(H,25,28)/t15-,19+/m0/s1. The third kappa shape index (κ3) is 4.70. The van der Waals surface area contributed by atoms with Crippen molar-refractivity contribution in [2.45, 2.75) is 29.5 Å². The fraction of sp³-hybridized carbons (Fsp3) is 0.318. The number of benzene rings is 2. The van der Waals surface area contributed by atoms with Crippen molar-refractivity contribution in [2.75, 3.05) is 18.4 Å². The number of para-hydroxylation sites is 1. The van der Waals surface area contributed by atoms with Gasteiger partial charge in [0.15, 0.2) is 5.25 Å². The third-order valence-corrected chi connectivity index (χ3v) is 7.07. The molecule has 2 N–H and O–H groups in total. The average Bonchev–Trinajstić information content (AvgIpc) is 2.76. The Kier molecular flexibility index (Phi) is 6.43. The van der Waals surface area contributed by atoms with E-state index in [1.807, 2.05) is 48.5 Å². The molecule has 0 spiro atoms. The summed E-state index contributed by atoms with van der Waals surface area (Å²) in [7, 11) is 0. The predicted molar refractivity (Wildman–Crippen MR) is 120 cm³/mol. The molecule has 8 heteroatoms. The van der Waals surface area contributed by atoms with Gasteiger partial charge in [0.25, 0.3) is 0 Å². The lowest BCUT2D eigenvalue weighted by Crippen LogP contribution is -2.50. The lowest BCUT2D eigenvalue weighted by atomic mass is 9.96. The first-order valence-electron chi connectivity index (χ1n) is 9.89. The fourth-order valence-corrected chi connectivity index (χ4v) is 5.27. The lowest BCUT2D eigenvalue weighted by molar-refractivity contribution is -0.137. The van der Waals surface area contributed by atoms with Crippen LogP contribution in [-0.4, -0.2) is 41.0 Å². The number of nitrogens with zero attached hydrogens (tertiary/aromatic N) is 1. The van der Waals surface area contributed by atoms with E-state index in [9.17, 15) is 14.4 Å². The summed E-state index contributed by atoms with van der Waals surface area (Å²) < 4.78 is 0.966. The minimum atomic E-state index is -0.816. The number of carbonyl (C=O) groups excluding carboxylic acids is 3. The van der Waals surface area contributed by atoms with Crippen LogP contribution in [0.15, 0.2) is 57.9 Å². The Morgan fingerprint density at radius 1 is 1.20 bits per heavy atom. The van der Waals surface area contributed by atoms with Crippen LogP contribution in [0.25, 0.3) is 0 Å². The maximum atomic E-state index is 13.1. The summed E-state index contributed by atoms with van der Waals surface area (Å²) >= 11 is 4.71. The minimum absolute atomic E-state index is 0.0569. The maximum absolute atomic E-state index is 13.1. The van der Waals surface area contributed by atoms with Crippen molar-refractivity contribution in [2.24, 2.45) is 5.92 Å². The van der Waals surface area contributed by atoms with E-state index in [0.717, 1.165) is 33.5 Å². The molecule has 0 aliphatic carbocycles. The van der Waals surface area contributed by atoms with Crippen molar-refractivity contribution in [3.05, 3.63) is 58.6 Å². The zero-order chi connectivity index (χ0) is 21.1. The molecule has 6 nitrogen and oxygen atoms in total. The van der Waals surface area contributed by atoms with Crippen LogP contribution in [-0.2, 0) is 20.9 Å². The summed E-state index contributed by atoms with van der Waals surface area (Å²) in [4.78, 5) is 40.8. The second kappa shape index (κ2) is 9.22. The maximum Gasteiger partial charge on any atom is 0.247 e. The zero-order valence-corrected chi connectivity index (χ0v) is 18.7. The summed E-state index contributed by atoms with van der Waals surface area (Å²) in [5.74, 6) is -0.848. The molecule has 1 saturated heterocycles. The molecule has 3 amide bonds. The first-order chi connectivity index (χ1) is 14.5. The number of anilines is 1. The average molecular weight is 488 g/mol. The molecular weight excluding hydrogens is 466 g/mol. The van der Waals surface area contributed by atoms with Gasteiger partial charge in [-0.2, -0.15) is 0 Å². The van der Waals surface area contributed by atoms with Gasteiger partial charge in [-0.1, -0.05) is 40.2 Å². The second-order valence-electron chi connectivity index (χ2n) is 7.45. The Morgan fingerprint density at radius 3 is 2.87 bits per heavy atom. The fourth-order valence-electron chi connectivity index (χ4n) is 3.75. The number of hydrogen-bond acceptors (Lipinski definition) is 4. The predicted octanol–water partition coefficient (Wildman–Crippen LogP) is 3.42. The number of likely N-dealkylation sites (tertiary alicyclic amines) is 1. The van der Waals surface area contributed by atoms with Crippen LogP contribution in [0.1, 0.15) is 18.4 Å². The molecule has 0 aromatic heterocycles. The van der Waals surface area contributed by atoms with Crippen LogP contribution in [0.5, 0.6) is 0 Å². The van der Waals surface area contributed by atoms with Crippen LogP contribution >= 0.6 is 27.7 Å². The van der Waals surface area contributed by atoms with Crippen LogP contribution in [0.4, 0.5) is 5.69 Å². The quantitative estimate of drug-likeness (QED) is 0.647. The van der Waals surface area contributed by atoms with E-state index in [4.69, 9.17) is 0 Å². The van der Waals surface area contributed by atoms with Crippen LogP contribution in [0.2, 0.25) is 0 Å². The van der Waals surface area contributed by atoms with Crippen LogP contribution in [0, 0.1) is 5.92 Å². The van der Waals surface area contributed by atoms with E-state index in [1.165, 1.54) is 11.8 Å². The van der Waals surface area contributed by atoms with Crippen molar-refractivity contribution in [3.63, 3.8) is 0 Å². The van der Waals surface area contributed by atoms with E-state index < -0.39 is 5.25 Å². The summed E-state index contributed by atoms with van der Waals surface area (Å²) in [6.07, 6.45) is 1.48. The Labute approximate surface area is 187 Å².